The van der Waals surface area contributed by atoms with Gasteiger partial charge < -0.3 is 15.9 Å². The quantitative estimate of drug-likeness (QED) is 0.567. The van der Waals surface area contributed by atoms with Gasteiger partial charge in [-0.2, -0.15) is 0 Å². The van der Waals surface area contributed by atoms with E-state index >= 15 is 0 Å². The van der Waals surface area contributed by atoms with E-state index in [0.29, 0.717) is 22.1 Å². The van der Waals surface area contributed by atoms with Crippen molar-refractivity contribution >= 4 is 28.3 Å². The number of rotatable bonds is 3. The number of nitrogens with two attached hydrogens (primary N) is 2. The normalized spacial score (nSPS) is 10.7. The molecule has 2 aromatic carbocycles. The number of anilines is 1. The summed E-state index contributed by atoms with van der Waals surface area (Å²) in [6.07, 6.45) is 0. The van der Waals surface area contributed by atoms with Crippen LogP contribution < -0.4 is 11.5 Å². The van der Waals surface area contributed by atoms with Crippen molar-refractivity contribution in [3.05, 3.63) is 58.3 Å². The molecule has 0 fully saturated rings. The molecule has 0 atom stereocenters. The number of amides is 1. The first kappa shape index (κ1) is 13.6. The van der Waals surface area contributed by atoms with Gasteiger partial charge in [0.2, 0.25) is 5.76 Å². The van der Waals surface area contributed by atoms with E-state index in [2.05, 4.69) is 0 Å². The second kappa shape index (κ2) is 4.88. The van der Waals surface area contributed by atoms with Crippen LogP contribution in [0.3, 0.4) is 0 Å². The number of hydrogen-bond donors (Lipinski definition) is 2. The fourth-order valence-corrected chi connectivity index (χ4v) is 2.28. The number of nitrogen functional groups attached to an aromatic ring is 1. The molecule has 0 spiro atoms. The Kier molecular flexibility index (Phi) is 3.03. The Morgan fingerprint density at radius 3 is 2.55 bits per heavy atom. The first-order valence-corrected chi connectivity index (χ1v) is 6.34. The molecule has 0 aliphatic heterocycles. The van der Waals surface area contributed by atoms with Gasteiger partial charge >= 0.3 is 0 Å². The Bertz CT molecular complexity index is 914. The lowest BCUT2D eigenvalue weighted by Crippen LogP contribution is -2.11. The number of fused-ring (bicyclic) bond motifs is 1. The molecule has 4 N–H and O–H groups in total. The highest BCUT2D eigenvalue weighted by atomic mass is 16.6. The van der Waals surface area contributed by atoms with E-state index in [9.17, 15) is 14.9 Å². The number of nitro groups is 1. The van der Waals surface area contributed by atoms with Crippen molar-refractivity contribution in [2.45, 2.75) is 0 Å². The lowest BCUT2D eigenvalue weighted by molar-refractivity contribution is -0.384. The number of primary amides is 1. The van der Waals surface area contributed by atoms with Crippen LogP contribution in [0.25, 0.3) is 22.1 Å². The molecule has 0 aliphatic carbocycles. The van der Waals surface area contributed by atoms with Crippen LogP contribution >= 0.6 is 0 Å². The minimum absolute atomic E-state index is 0.00520. The third-order valence-electron chi connectivity index (χ3n) is 3.34. The molecule has 0 saturated heterocycles. The van der Waals surface area contributed by atoms with Crippen molar-refractivity contribution in [2.75, 3.05) is 5.73 Å². The van der Waals surface area contributed by atoms with Crippen molar-refractivity contribution in [3.8, 4) is 11.1 Å². The van der Waals surface area contributed by atoms with E-state index in [0.717, 1.165) is 0 Å². The number of carbonyl (C=O) groups excluding carboxylic acids is 1. The largest absolute Gasteiger partial charge is 0.449 e. The molecule has 0 aliphatic rings. The summed E-state index contributed by atoms with van der Waals surface area (Å²) < 4.78 is 5.37. The Labute approximate surface area is 124 Å². The molecular weight excluding hydrogens is 286 g/mol. The van der Waals surface area contributed by atoms with E-state index in [1.54, 1.807) is 30.3 Å². The van der Waals surface area contributed by atoms with E-state index in [4.69, 9.17) is 15.9 Å². The molecule has 3 rings (SSSR count). The summed E-state index contributed by atoms with van der Waals surface area (Å²) in [5.74, 6) is -0.836. The summed E-state index contributed by atoms with van der Waals surface area (Å²) >= 11 is 0. The lowest BCUT2D eigenvalue weighted by atomic mass is 10.0. The zero-order valence-corrected chi connectivity index (χ0v) is 11.3. The average Bonchev–Trinajstić information content (AvgIpc) is 2.84. The van der Waals surface area contributed by atoms with Gasteiger partial charge in [-0.15, -0.1) is 0 Å². The summed E-state index contributed by atoms with van der Waals surface area (Å²) in [4.78, 5) is 21.6. The monoisotopic (exact) mass is 297 g/mol. The minimum Gasteiger partial charge on any atom is -0.449 e. The van der Waals surface area contributed by atoms with Crippen LogP contribution in [0.4, 0.5) is 11.4 Å². The number of furan rings is 1. The molecule has 1 heterocycles. The minimum atomic E-state index is -0.745. The predicted octanol–water partition coefficient (Wildman–Crippen LogP) is 2.69. The molecule has 0 bridgehead atoms. The number of carbonyl (C=O) groups is 1. The van der Waals surface area contributed by atoms with Gasteiger partial charge in [-0.3, -0.25) is 14.9 Å². The second-order valence-electron chi connectivity index (χ2n) is 4.73. The first-order valence-electron chi connectivity index (χ1n) is 6.34. The Morgan fingerprint density at radius 2 is 1.86 bits per heavy atom. The van der Waals surface area contributed by atoms with E-state index in [-0.39, 0.29) is 17.1 Å². The third-order valence-corrected chi connectivity index (χ3v) is 3.34. The van der Waals surface area contributed by atoms with Crippen molar-refractivity contribution in [2.24, 2.45) is 5.73 Å². The first-order chi connectivity index (χ1) is 10.5. The average molecular weight is 297 g/mol. The number of hydrogen-bond acceptors (Lipinski definition) is 5. The molecule has 0 unspecified atom stereocenters. The zero-order valence-electron chi connectivity index (χ0n) is 11.3. The van der Waals surface area contributed by atoms with Crippen LogP contribution in [0.2, 0.25) is 0 Å². The van der Waals surface area contributed by atoms with E-state index in [1.165, 1.54) is 12.1 Å². The Morgan fingerprint density at radius 1 is 1.14 bits per heavy atom. The number of nitrogens with zero attached hydrogens (tertiary/aromatic N) is 1. The number of nitro benzene ring substituents is 1. The molecule has 110 valence electrons. The maximum absolute atomic E-state index is 11.2. The second-order valence-corrected chi connectivity index (χ2v) is 4.73. The number of non-ortho nitro benzene ring substituents is 1. The van der Waals surface area contributed by atoms with Gasteiger partial charge in [-0.25, -0.2) is 0 Å². The molecule has 7 heteroatoms. The molecule has 0 saturated carbocycles. The van der Waals surface area contributed by atoms with Crippen molar-refractivity contribution in [3.63, 3.8) is 0 Å². The molecule has 1 amide bonds. The van der Waals surface area contributed by atoms with Crippen molar-refractivity contribution < 1.29 is 14.1 Å². The van der Waals surface area contributed by atoms with Crippen LogP contribution in [-0.2, 0) is 0 Å². The summed E-state index contributed by atoms with van der Waals surface area (Å²) in [6.45, 7) is 0. The van der Waals surface area contributed by atoms with E-state index < -0.39 is 10.8 Å². The van der Waals surface area contributed by atoms with Crippen LogP contribution in [0, 0.1) is 10.1 Å². The lowest BCUT2D eigenvalue weighted by Gasteiger charge is -2.01. The highest BCUT2D eigenvalue weighted by Crippen LogP contribution is 2.32. The number of benzene rings is 2. The molecule has 22 heavy (non-hydrogen) atoms. The van der Waals surface area contributed by atoms with Crippen molar-refractivity contribution in [1.29, 1.82) is 0 Å². The molecule has 7 nitrogen and oxygen atoms in total. The van der Waals surface area contributed by atoms with Crippen molar-refractivity contribution in [1.82, 2.24) is 0 Å². The Hall–Kier alpha value is -3.35. The molecule has 1 aromatic heterocycles. The zero-order chi connectivity index (χ0) is 15.9. The maximum Gasteiger partial charge on any atom is 0.286 e. The third kappa shape index (κ3) is 2.14. The van der Waals surface area contributed by atoms with E-state index in [1.807, 2.05) is 0 Å². The van der Waals surface area contributed by atoms with Gasteiger partial charge in [-0.1, -0.05) is 18.2 Å². The smallest absolute Gasteiger partial charge is 0.286 e. The molecule has 3 aromatic rings. The SMILES string of the molecule is NC(=O)c1oc2cc(-c3cccc([N+](=O)[O-])c3)ccc2c1N. The van der Waals surface area contributed by atoms with Gasteiger partial charge in [0.15, 0.2) is 0 Å². The van der Waals surface area contributed by atoms with Gasteiger partial charge in [0.25, 0.3) is 11.6 Å². The summed E-state index contributed by atoms with van der Waals surface area (Å²) in [6, 6.07) is 11.3. The highest BCUT2D eigenvalue weighted by Gasteiger charge is 2.16. The molecule has 0 radical (unpaired) electrons. The fourth-order valence-electron chi connectivity index (χ4n) is 2.28. The van der Waals surface area contributed by atoms with Gasteiger partial charge in [0, 0.05) is 17.5 Å². The topological polar surface area (TPSA) is 125 Å². The van der Waals surface area contributed by atoms with Crippen LogP contribution in [0.1, 0.15) is 10.6 Å². The molecular formula is C15H11N3O4. The maximum atomic E-state index is 11.2. The van der Waals surface area contributed by atoms with Gasteiger partial charge in [-0.05, 0) is 23.3 Å². The predicted molar refractivity (Wildman–Crippen MR) is 81.2 cm³/mol. The highest BCUT2D eigenvalue weighted by molar-refractivity contribution is 6.05. The van der Waals surface area contributed by atoms with Crippen LogP contribution in [0.5, 0.6) is 0 Å². The Balaban J connectivity index is 2.15. The summed E-state index contributed by atoms with van der Waals surface area (Å²) in [7, 11) is 0. The van der Waals surface area contributed by atoms with Crippen LogP contribution in [0.15, 0.2) is 46.9 Å². The summed E-state index contributed by atoms with van der Waals surface area (Å²) in [5.41, 5.74) is 13.0. The fraction of sp³-hybridized carbons (Fsp3) is 0. The van der Waals surface area contributed by atoms with Gasteiger partial charge in [0.1, 0.15) is 5.58 Å². The summed E-state index contributed by atoms with van der Waals surface area (Å²) in [5, 5.41) is 11.4. The van der Waals surface area contributed by atoms with Crippen LogP contribution in [-0.4, -0.2) is 10.8 Å². The van der Waals surface area contributed by atoms with Gasteiger partial charge in [0.05, 0.1) is 10.6 Å². The standard InChI is InChI=1S/C15H11N3O4/c16-13-11-5-4-9(7-12(11)22-14(13)15(17)19)8-2-1-3-10(6-8)18(20)21/h1-7H,16H2,(H2,17,19).